The van der Waals surface area contributed by atoms with Gasteiger partial charge in [0, 0.05) is 120 Å². The summed E-state index contributed by atoms with van der Waals surface area (Å²) in [6, 6.07) is 151. The molecule has 24 aromatic rings. The van der Waals surface area contributed by atoms with Crippen LogP contribution in [0.3, 0.4) is 0 Å². The second-order valence-corrected chi connectivity index (χ2v) is 32.2. The molecular weight excluding hydrogens is 1610 g/mol. The van der Waals surface area contributed by atoms with Crippen molar-refractivity contribution in [3.05, 3.63) is 474 Å². The Labute approximate surface area is 762 Å². The van der Waals surface area contributed by atoms with E-state index in [1.165, 1.54) is 81.9 Å². The van der Waals surface area contributed by atoms with Crippen molar-refractivity contribution in [3.8, 4) is 169 Å². The Kier molecular flexibility index (Phi) is 21.9. The molecule has 0 N–H and O–H groups in total. The minimum absolute atomic E-state index is 0.653. The van der Waals surface area contributed by atoms with Gasteiger partial charge >= 0.3 is 0 Å². The second-order valence-electron chi connectivity index (χ2n) is 32.2. The third-order valence-corrected chi connectivity index (χ3v) is 24.0. The molecule has 15 aromatic carbocycles. The Bertz CT molecular complexity index is 7350. The van der Waals surface area contributed by atoms with E-state index < -0.39 is 0 Å². The number of pyridine rings is 6. The molecule has 0 aliphatic carbocycles. The minimum Gasteiger partial charge on any atom is -0.265 e. The van der Waals surface area contributed by atoms with Crippen molar-refractivity contribution < 1.29 is 0 Å². The molecule has 132 heavy (non-hydrogen) atoms. The van der Waals surface area contributed by atoms with Gasteiger partial charge in [-0.05, 0) is 157 Å². The molecule has 0 saturated heterocycles. The van der Waals surface area contributed by atoms with Gasteiger partial charge in [0.15, 0.2) is 17.5 Å². The molecule has 9 aromatic heterocycles. The van der Waals surface area contributed by atoms with Gasteiger partial charge in [-0.2, -0.15) is 0 Å². The predicted octanol–water partition coefficient (Wildman–Crippen LogP) is 29.7. The lowest BCUT2D eigenvalue weighted by atomic mass is 9.94. The van der Waals surface area contributed by atoms with E-state index in [4.69, 9.17) is 44.9 Å². The number of aromatic nitrogens is 12. The molecule has 0 aliphatic rings. The summed E-state index contributed by atoms with van der Waals surface area (Å²) in [5, 5.41) is 10.8. The molecule has 0 bridgehead atoms. The van der Waals surface area contributed by atoms with Crippen molar-refractivity contribution >= 4 is 65.0 Å². The quantitative estimate of drug-likeness (QED) is 0.0897. The number of fused-ring (bicyclic) bond motifs is 9. The fourth-order valence-corrected chi connectivity index (χ4v) is 17.4. The van der Waals surface area contributed by atoms with Crippen LogP contribution in [0.5, 0.6) is 0 Å². The summed E-state index contributed by atoms with van der Waals surface area (Å²) in [7, 11) is 0. The van der Waals surface area contributed by atoms with Crippen molar-refractivity contribution in [2.75, 3.05) is 0 Å². The molecule has 0 saturated carbocycles. The summed E-state index contributed by atoms with van der Waals surface area (Å²) in [6.45, 7) is 0. The van der Waals surface area contributed by atoms with E-state index >= 15 is 0 Å². The Morgan fingerprint density at radius 2 is 0.364 bits per heavy atom. The minimum atomic E-state index is 0.653. The Balaban J connectivity index is 0.000000116. The van der Waals surface area contributed by atoms with Gasteiger partial charge in [0.1, 0.15) is 0 Å². The van der Waals surface area contributed by atoms with E-state index in [2.05, 4.69) is 349 Å². The van der Waals surface area contributed by atoms with Gasteiger partial charge in [0.2, 0.25) is 0 Å². The van der Waals surface area contributed by atoms with Crippen molar-refractivity contribution in [3.63, 3.8) is 0 Å². The van der Waals surface area contributed by atoms with Crippen LogP contribution in [0.15, 0.2) is 474 Å². The highest BCUT2D eigenvalue weighted by Gasteiger charge is 2.21. The lowest BCUT2D eigenvalue weighted by Gasteiger charge is -2.13. The summed E-state index contributed by atoms with van der Waals surface area (Å²) < 4.78 is 0. The first-order valence-electron chi connectivity index (χ1n) is 43.9. The smallest absolute Gasteiger partial charge is 0.160 e. The zero-order valence-electron chi connectivity index (χ0n) is 71.4. The van der Waals surface area contributed by atoms with Gasteiger partial charge in [-0.25, -0.2) is 44.9 Å². The molecule has 0 fully saturated rings. The fourth-order valence-electron chi connectivity index (χ4n) is 17.4. The number of benzene rings is 15. The Morgan fingerprint density at radius 3 is 0.659 bits per heavy atom. The second kappa shape index (κ2) is 36.2. The molecule has 0 atom stereocenters. The molecule has 12 heteroatoms. The van der Waals surface area contributed by atoms with Crippen LogP contribution in [-0.4, -0.2) is 59.8 Å². The third-order valence-electron chi connectivity index (χ3n) is 24.0. The molecule has 24 rings (SSSR count). The zero-order valence-corrected chi connectivity index (χ0v) is 71.4. The summed E-state index contributed by atoms with van der Waals surface area (Å²) in [5.41, 5.74) is 29.9. The highest BCUT2D eigenvalue weighted by atomic mass is 14.9. The van der Waals surface area contributed by atoms with Crippen molar-refractivity contribution in [1.82, 2.24) is 59.8 Å². The van der Waals surface area contributed by atoms with Crippen LogP contribution in [0.25, 0.3) is 234 Å². The first kappa shape index (κ1) is 79.9. The fraction of sp³-hybridized carbons (Fsp3) is 0. The van der Waals surface area contributed by atoms with E-state index in [9.17, 15) is 0 Å². The van der Waals surface area contributed by atoms with E-state index in [1.807, 2.05) is 109 Å². The highest BCUT2D eigenvalue weighted by molar-refractivity contribution is 6.16. The third kappa shape index (κ3) is 16.6. The van der Waals surface area contributed by atoms with Crippen LogP contribution in [0.4, 0.5) is 0 Å². The molecular formula is C120H78N12. The normalized spacial score (nSPS) is 11.2. The van der Waals surface area contributed by atoms with Gasteiger partial charge < -0.3 is 0 Å². The summed E-state index contributed by atoms with van der Waals surface area (Å²) in [4.78, 5) is 57.9. The maximum absolute atomic E-state index is 5.17. The van der Waals surface area contributed by atoms with Crippen molar-refractivity contribution in [2.24, 2.45) is 0 Å². The van der Waals surface area contributed by atoms with Gasteiger partial charge in [0.25, 0.3) is 0 Å². The van der Waals surface area contributed by atoms with Crippen LogP contribution in [0.2, 0.25) is 0 Å². The largest absolute Gasteiger partial charge is 0.265 e. The molecule has 0 unspecified atom stereocenters. The SMILES string of the molecule is c1ccc(-c2cc(-c3ccc(-c4cc(-c5ccccc5)c5c(ccc6ccccc65)n4)cc3)nc(-c3ccccc3)n2)cc1.c1ccc(-c2cc(-c3ccc(-c4nc(-c5ccncc5)cc(-c5ccncc5)n4)cc3)nc3ccc4ccccc4c23)cc1.c1ccc(-c2cc(-c3cccnc3)nc(-c3ccc(-c4cc(-c5ccccc5)c5c(ccc6ccccc65)n4)cc3)n2)cc1. The topological polar surface area (TPSA) is 155 Å². The molecule has 618 valence electrons. The number of hydrogen-bond donors (Lipinski definition) is 0. The first-order valence-corrected chi connectivity index (χ1v) is 43.9. The lowest BCUT2D eigenvalue weighted by Crippen LogP contribution is -1.96. The molecule has 12 nitrogen and oxygen atoms in total. The van der Waals surface area contributed by atoms with Crippen molar-refractivity contribution in [2.45, 2.75) is 0 Å². The molecule has 0 amide bonds. The van der Waals surface area contributed by atoms with E-state index in [1.54, 1.807) is 31.0 Å². The zero-order chi connectivity index (χ0) is 87.9. The van der Waals surface area contributed by atoms with E-state index in [-0.39, 0.29) is 0 Å². The monoisotopic (exact) mass is 1690 g/mol. The molecule has 0 radical (unpaired) electrons. The summed E-state index contributed by atoms with van der Waals surface area (Å²) >= 11 is 0. The number of hydrogen-bond acceptors (Lipinski definition) is 12. The van der Waals surface area contributed by atoms with Crippen LogP contribution < -0.4 is 0 Å². The number of nitrogens with zero attached hydrogens (tertiary/aromatic N) is 12. The van der Waals surface area contributed by atoms with E-state index in [0.717, 1.165) is 135 Å². The van der Waals surface area contributed by atoms with Gasteiger partial charge in [-0.3, -0.25) is 15.0 Å². The van der Waals surface area contributed by atoms with Gasteiger partial charge in [-0.15, -0.1) is 0 Å². The van der Waals surface area contributed by atoms with Crippen LogP contribution in [-0.2, 0) is 0 Å². The maximum atomic E-state index is 5.17. The lowest BCUT2D eigenvalue weighted by molar-refractivity contribution is 1.18. The molecule has 0 spiro atoms. The average Bonchev–Trinajstić information content (AvgIpc) is 0.758. The van der Waals surface area contributed by atoms with E-state index in [0.29, 0.717) is 17.5 Å². The first-order chi connectivity index (χ1) is 65.4. The summed E-state index contributed by atoms with van der Waals surface area (Å²) in [5.74, 6) is 2.03. The van der Waals surface area contributed by atoms with Crippen molar-refractivity contribution in [1.29, 1.82) is 0 Å². The van der Waals surface area contributed by atoms with Crippen LogP contribution in [0.1, 0.15) is 0 Å². The predicted molar refractivity (Wildman–Crippen MR) is 539 cm³/mol. The highest BCUT2D eigenvalue weighted by Crippen LogP contribution is 2.43. The Hall–Kier alpha value is -18.0. The maximum Gasteiger partial charge on any atom is 0.160 e. The van der Waals surface area contributed by atoms with Crippen LogP contribution >= 0.6 is 0 Å². The summed E-state index contributed by atoms with van der Waals surface area (Å²) in [6.07, 6.45) is 10.7. The average molecular weight is 1690 g/mol. The number of rotatable bonds is 15. The molecule has 9 heterocycles. The van der Waals surface area contributed by atoms with Gasteiger partial charge in [0.05, 0.1) is 67.8 Å². The standard InChI is InChI=1S/C41H27N3.C40H26N4.C39H25N5/c1-4-12-28(13-5-1)35-26-37(42-36-25-24-29-14-10-11-19-34(29)40(35)36)31-20-22-32(23-21-31)39-27-38(30-15-6-2-7-16-30)43-41(44-39)33-17-8-3-9-18-33;1-3-10-27(11-4-1)34-24-36(42-35-22-21-28-12-7-8-16-33(28)39(34)35)30-17-19-31(20-18-30)40-43-37(29-13-5-2-6-14-29)25-38(44-40)32-15-9-23-41-26-32;1-2-6-26(7-3-1)33-24-35(42-34-15-14-27-8-4-5-9-32(27)38(33)34)28-10-12-31(13-11-28)39-43-36(29-16-20-40-21-17-29)25-37(44-39)30-18-22-41-23-19-30/h1-27H;1-26H;1-25H. The Morgan fingerprint density at radius 1 is 0.136 bits per heavy atom. The van der Waals surface area contributed by atoms with Crippen LogP contribution in [0, 0.1) is 0 Å². The molecule has 0 aliphatic heterocycles. The van der Waals surface area contributed by atoms with Gasteiger partial charge in [-0.1, -0.05) is 346 Å².